The molecule has 0 spiro atoms. The first-order valence-electron chi connectivity index (χ1n) is 11.8. The Morgan fingerprint density at radius 2 is 1.91 bits per heavy atom. The Bertz CT molecular complexity index is 943. The van der Waals surface area contributed by atoms with Gasteiger partial charge in [0.2, 0.25) is 5.91 Å². The monoisotopic (exact) mass is 453 g/mol. The molecular formula is C27H39N3O3. The molecule has 180 valence electrons. The Labute approximate surface area is 198 Å². The van der Waals surface area contributed by atoms with E-state index in [2.05, 4.69) is 48.4 Å². The van der Waals surface area contributed by atoms with Crippen LogP contribution in [0.25, 0.3) is 0 Å². The number of nitrogens with zero attached hydrogens (tertiary/aromatic N) is 1. The molecular weight excluding hydrogens is 414 g/mol. The van der Waals surface area contributed by atoms with Gasteiger partial charge in [-0.15, -0.1) is 0 Å². The van der Waals surface area contributed by atoms with Crippen molar-refractivity contribution in [3.63, 3.8) is 0 Å². The summed E-state index contributed by atoms with van der Waals surface area (Å²) in [7, 11) is 4.07. The van der Waals surface area contributed by atoms with Crippen molar-refractivity contribution in [2.24, 2.45) is 0 Å². The molecule has 3 atom stereocenters. The molecule has 1 heterocycles. The van der Waals surface area contributed by atoms with Crippen molar-refractivity contribution in [2.75, 3.05) is 25.5 Å². The van der Waals surface area contributed by atoms with E-state index >= 15 is 0 Å². The molecule has 1 aliphatic rings. The van der Waals surface area contributed by atoms with Crippen LogP contribution >= 0.6 is 0 Å². The van der Waals surface area contributed by atoms with Gasteiger partial charge in [0.25, 0.3) is 0 Å². The van der Waals surface area contributed by atoms with Gasteiger partial charge in [-0.3, -0.25) is 4.79 Å². The van der Waals surface area contributed by atoms with Crippen LogP contribution in [0.15, 0.2) is 42.5 Å². The number of carbonyl (C=O) groups excluding carboxylic acids is 1. The van der Waals surface area contributed by atoms with E-state index in [9.17, 15) is 9.90 Å². The summed E-state index contributed by atoms with van der Waals surface area (Å²) in [5, 5.41) is 17.6. The summed E-state index contributed by atoms with van der Waals surface area (Å²) in [6.45, 7) is 8.21. The molecule has 0 saturated heterocycles. The lowest BCUT2D eigenvalue weighted by molar-refractivity contribution is -0.120. The molecule has 33 heavy (non-hydrogen) atoms. The quantitative estimate of drug-likeness (QED) is 0.541. The number of amides is 1. The van der Waals surface area contributed by atoms with E-state index in [-0.39, 0.29) is 23.6 Å². The van der Waals surface area contributed by atoms with Crippen LogP contribution < -0.4 is 20.3 Å². The minimum absolute atomic E-state index is 0.0401. The molecule has 0 unspecified atom stereocenters. The summed E-state index contributed by atoms with van der Waals surface area (Å²) < 4.78 is 6.43. The third kappa shape index (κ3) is 6.49. The zero-order valence-electron chi connectivity index (χ0n) is 20.8. The zero-order valence-corrected chi connectivity index (χ0v) is 20.8. The number of fused-ring (bicyclic) bond motifs is 1. The van der Waals surface area contributed by atoms with Crippen molar-refractivity contribution in [1.82, 2.24) is 10.6 Å². The van der Waals surface area contributed by atoms with Crippen LogP contribution in [0.2, 0.25) is 0 Å². The third-order valence-corrected chi connectivity index (χ3v) is 6.22. The van der Waals surface area contributed by atoms with E-state index in [4.69, 9.17) is 4.74 Å². The molecule has 6 nitrogen and oxygen atoms in total. The standard InChI is InChI=1S/C27H39N3O3/c1-7-19-13-21-23(16-27(3,4)33-26(21)24(15-19)30(5)6)28-17-25(32)22(29-18(2)31)14-20-11-9-8-10-12-20/h8-13,15,22-23,25,28,32H,7,14,16-17H2,1-6H3,(H,29,31)/t22-,23+,25+/m0/s1. The first-order chi connectivity index (χ1) is 15.6. The van der Waals surface area contributed by atoms with Crippen LogP contribution in [0.1, 0.15) is 56.8 Å². The molecule has 6 heteroatoms. The van der Waals surface area contributed by atoms with Crippen LogP contribution in [-0.2, 0) is 17.6 Å². The first-order valence-corrected chi connectivity index (χ1v) is 11.8. The van der Waals surface area contributed by atoms with E-state index in [1.54, 1.807) is 0 Å². The number of aliphatic hydroxyl groups is 1. The van der Waals surface area contributed by atoms with Crippen molar-refractivity contribution >= 4 is 11.6 Å². The molecule has 3 N–H and O–H groups in total. The van der Waals surface area contributed by atoms with E-state index in [1.807, 2.05) is 44.4 Å². The van der Waals surface area contributed by atoms with Crippen LogP contribution in [0.5, 0.6) is 5.75 Å². The van der Waals surface area contributed by atoms with Gasteiger partial charge in [-0.05, 0) is 43.9 Å². The predicted molar refractivity (Wildman–Crippen MR) is 134 cm³/mol. The summed E-state index contributed by atoms with van der Waals surface area (Å²) in [4.78, 5) is 13.9. The molecule has 1 aliphatic heterocycles. The number of carbonyl (C=O) groups is 1. The van der Waals surface area contributed by atoms with Gasteiger partial charge < -0.3 is 25.4 Å². The van der Waals surface area contributed by atoms with Gasteiger partial charge in [0, 0.05) is 45.6 Å². The largest absolute Gasteiger partial charge is 0.485 e. The molecule has 2 aromatic rings. The van der Waals surface area contributed by atoms with Gasteiger partial charge in [0.15, 0.2) is 0 Å². The lowest BCUT2D eigenvalue weighted by Crippen LogP contribution is -2.49. The van der Waals surface area contributed by atoms with E-state index in [1.165, 1.54) is 12.5 Å². The highest BCUT2D eigenvalue weighted by molar-refractivity contribution is 5.73. The number of benzene rings is 2. The first kappa shape index (κ1) is 25.1. The Morgan fingerprint density at radius 3 is 2.52 bits per heavy atom. The fourth-order valence-electron chi connectivity index (χ4n) is 4.52. The maximum atomic E-state index is 11.8. The van der Waals surface area contributed by atoms with Gasteiger partial charge in [-0.1, -0.05) is 43.3 Å². The van der Waals surface area contributed by atoms with Crippen LogP contribution in [-0.4, -0.2) is 49.4 Å². The number of anilines is 1. The zero-order chi connectivity index (χ0) is 24.2. The molecule has 0 fully saturated rings. The second-order valence-electron chi connectivity index (χ2n) is 9.87. The fraction of sp³-hybridized carbons (Fsp3) is 0.519. The number of aliphatic hydroxyl groups excluding tert-OH is 1. The Hall–Kier alpha value is -2.57. The SMILES string of the molecule is CCc1cc2c(c(N(C)C)c1)OC(C)(C)C[C@H]2NC[C@@H](O)[C@H](Cc1ccccc1)NC(C)=O. The second-order valence-corrected chi connectivity index (χ2v) is 9.87. The van der Waals surface area contributed by atoms with Gasteiger partial charge >= 0.3 is 0 Å². The van der Waals surface area contributed by atoms with E-state index in [0.717, 1.165) is 35.4 Å². The average molecular weight is 454 g/mol. The minimum atomic E-state index is -0.730. The molecule has 0 aliphatic carbocycles. The number of nitrogens with one attached hydrogen (secondary N) is 2. The van der Waals surface area contributed by atoms with Gasteiger partial charge in [-0.25, -0.2) is 0 Å². The Morgan fingerprint density at radius 1 is 1.21 bits per heavy atom. The Balaban J connectivity index is 1.82. The summed E-state index contributed by atoms with van der Waals surface area (Å²) in [6.07, 6.45) is 1.57. The van der Waals surface area contributed by atoms with Crippen molar-refractivity contribution in [3.05, 3.63) is 59.2 Å². The van der Waals surface area contributed by atoms with E-state index < -0.39 is 6.10 Å². The Kier molecular flexibility index (Phi) is 8.03. The number of hydrogen-bond donors (Lipinski definition) is 3. The molecule has 0 radical (unpaired) electrons. The van der Waals surface area contributed by atoms with E-state index in [0.29, 0.717) is 13.0 Å². The minimum Gasteiger partial charge on any atom is -0.485 e. The maximum Gasteiger partial charge on any atom is 0.217 e. The predicted octanol–water partition coefficient (Wildman–Crippen LogP) is 3.62. The topological polar surface area (TPSA) is 73.8 Å². The smallest absolute Gasteiger partial charge is 0.217 e. The second kappa shape index (κ2) is 10.6. The van der Waals surface area contributed by atoms with Gasteiger partial charge in [0.1, 0.15) is 11.4 Å². The molecule has 2 aromatic carbocycles. The molecule has 0 aromatic heterocycles. The van der Waals surface area contributed by atoms with Gasteiger partial charge in [0.05, 0.1) is 17.8 Å². The van der Waals surface area contributed by atoms with Crippen molar-refractivity contribution in [1.29, 1.82) is 0 Å². The number of rotatable bonds is 9. The highest BCUT2D eigenvalue weighted by Crippen LogP contribution is 2.45. The number of hydrogen-bond acceptors (Lipinski definition) is 5. The summed E-state index contributed by atoms with van der Waals surface area (Å²) in [6, 6.07) is 14.0. The number of ether oxygens (including phenoxy) is 1. The lowest BCUT2D eigenvalue weighted by atomic mass is 9.87. The van der Waals surface area contributed by atoms with Gasteiger partial charge in [-0.2, -0.15) is 0 Å². The summed E-state index contributed by atoms with van der Waals surface area (Å²) in [5.41, 5.74) is 4.20. The van der Waals surface area contributed by atoms with Crippen molar-refractivity contribution < 1.29 is 14.6 Å². The molecule has 0 bridgehead atoms. The van der Waals surface area contributed by atoms with Crippen LogP contribution in [0.4, 0.5) is 5.69 Å². The van der Waals surface area contributed by atoms with Crippen molar-refractivity contribution in [3.8, 4) is 5.75 Å². The maximum absolute atomic E-state index is 11.8. The lowest BCUT2D eigenvalue weighted by Gasteiger charge is -2.40. The molecule has 3 rings (SSSR count). The fourth-order valence-corrected chi connectivity index (χ4v) is 4.52. The molecule has 0 saturated carbocycles. The third-order valence-electron chi connectivity index (χ3n) is 6.22. The van der Waals surface area contributed by atoms with Crippen LogP contribution in [0.3, 0.4) is 0 Å². The highest BCUT2D eigenvalue weighted by atomic mass is 16.5. The number of aryl methyl sites for hydroxylation is 1. The van der Waals surface area contributed by atoms with Crippen molar-refractivity contribution in [2.45, 2.75) is 70.7 Å². The normalized spacial score (nSPS) is 18.6. The highest BCUT2D eigenvalue weighted by Gasteiger charge is 2.36. The summed E-state index contributed by atoms with van der Waals surface area (Å²) >= 11 is 0. The average Bonchev–Trinajstić information content (AvgIpc) is 2.75. The van der Waals surface area contributed by atoms with Crippen LogP contribution in [0, 0.1) is 0 Å². The molecule has 1 amide bonds. The summed E-state index contributed by atoms with van der Waals surface area (Å²) in [5.74, 6) is 0.763.